The number of aromatic nitrogens is 2. The molecule has 0 bridgehead atoms. The topological polar surface area (TPSA) is 46.0 Å². The normalized spacial score (nSPS) is 10.8. The van der Waals surface area contributed by atoms with Gasteiger partial charge in [-0.3, -0.25) is 4.98 Å². The largest absolute Gasteiger partial charge is 0.505 e. The van der Waals surface area contributed by atoms with E-state index in [0.29, 0.717) is 21.8 Å². The second-order valence-corrected chi connectivity index (χ2v) is 4.74. The Bertz CT molecular complexity index is 757. The highest BCUT2D eigenvalue weighted by molar-refractivity contribution is 6.35. The molecule has 0 aliphatic carbocycles. The number of benzene rings is 1. The Morgan fingerprint density at radius 3 is 2.68 bits per heavy atom. The van der Waals surface area contributed by atoms with Crippen molar-refractivity contribution in [3.63, 3.8) is 0 Å². The van der Waals surface area contributed by atoms with Crippen molar-refractivity contribution in [1.82, 2.24) is 9.97 Å². The van der Waals surface area contributed by atoms with Gasteiger partial charge in [-0.2, -0.15) is 0 Å². The second kappa shape index (κ2) is 4.52. The van der Waals surface area contributed by atoms with Crippen molar-refractivity contribution in [2.24, 2.45) is 0 Å². The van der Waals surface area contributed by atoms with Crippen LogP contribution in [0.4, 0.5) is 0 Å². The van der Waals surface area contributed by atoms with Crippen molar-refractivity contribution in [3.05, 3.63) is 53.2 Å². The molecule has 0 fully saturated rings. The molecule has 3 rings (SSSR count). The molecule has 0 amide bonds. The molecular formula is C15H11ClN2O. The Balaban J connectivity index is 2.29. The SMILES string of the molecule is Cc1cc(Cl)c2ccc(-c3ccccn3)nc2c1O. The van der Waals surface area contributed by atoms with Crippen molar-refractivity contribution >= 4 is 22.5 Å². The van der Waals surface area contributed by atoms with E-state index in [2.05, 4.69) is 9.97 Å². The van der Waals surface area contributed by atoms with E-state index in [1.54, 1.807) is 19.2 Å². The molecule has 0 saturated heterocycles. The maximum absolute atomic E-state index is 10.1. The van der Waals surface area contributed by atoms with E-state index in [-0.39, 0.29) is 5.75 Å². The number of rotatable bonds is 1. The van der Waals surface area contributed by atoms with Crippen LogP contribution in [0.15, 0.2) is 42.6 Å². The van der Waals surface area contributed by atoms with Gasteiger partial charge in [0.1, 0.15) is 11.3 Å². The quantitative estimate of drug-likeness (QED) is 0.728. The number of hydrogen-bond donors (Lipinski definition) is 1. The lowest BCUT2D eigenvalue weighted by molar-refractivity contribution is 0.476. The van der Waals surface area contributed by atoms with Gasteiger partial charge < -0.3 is 5.11 Å². The third-order valence-corrected chi connectivity index (χ3v) is 3.33. The van der Waals surface area contributed by atoms with Gasteiger partial charge in [0.2, 0.25) is 0 Å². The fourth-order valence-corrected chi connectivity index (χ4v) is 2.33. The van der Waals surface area contributed by atoms with E-state index >= 15 is 0 Å². The molecule has 0 radical (unpaired) electrons. The molecule has 0 atom stereocenters. The molecule has 3 aromatic rings. The van der Waals surface area contributed by atoms with Crippen LogP contribution in [0.5, 0.6) is 5.75 Å². The molecule has 0 spiro atoms. The van der Waals surface area contributed by atoms with E-state index in [1.807, 2.05) is 30.3 Å². The van der Waals surface area contributed by atoms with Crippen LogP contribution in [0.3, 0.4) is 0 Å². The third kappa shape index (κ3) is 2.02. The number of aryl methyl sites for hydroxylation is 1. The smallest absolute Gasteiger partial charge is 0.144 e. The number of halogens is 1. The molecule has 0 aliphatic rings. The summed E-state index contributed by atoms with van der Waals surface area (Å²) >= 11 is 6.17. The summed E-state index contributed by atoms with van der Waals surface area (Å²) in [5, 5.41) is 11.4. The molecular weight excluding hydrogens is 260 g/mol. The van der Waals surface area contributed by atoms with Crippen molar-refractivity contribution in [2.75, 3.05) is 0 Å². The predicted octanol–water partition coefficient (Wildman–Crippen LogP) is 3.96. The Morgan fingerprint density at radius 1 is 1.11 bits per heavy atom. The summed E-state index contributed by atoms with van der Waals surface area (Å²) in [6.45, 7) is 1.80. The summed E-state index contributed by atoms with van der Waals surface area (Å²) < 4.78 is 0. The van der Waals surface area contributed by atoms with Crippen molar-refractivity contribution < 1.29 is 5.11 Å². The predicted molar refractivity (Wildman–Crippen MR) is 76.4 cm³/mol. The maximum atomic E-state index is 10.1. The maximum Gasteiger partial charge on any atom is 0.144 e. The molecule has 2 heterocycles. The molecule has 1 aromatic carbocycles. The molecule has 4 heteroatoms. The first kappa shape index (κ1) is 11.9. The highest BCUT2D eigenvalue weighted by Crippen LogP contribution is 2.33. The van der Waals surface area contributed by atoms with Crippen LogP contribution >= 0.6 is 11.6 Å². The van der Waals surface area contributed by atoms with Gasteiger partial charge in [0.15, 0.2) is 0 Å². The van der Waals surface area contributed by atoms with Gasteiger partial charge in [-0.25, -0.2) is 4.98 Å². The highest BCUT2D eigenvalue weighted by atomic mass is 35.5. The van der Waals surface area contributed by atoms with Crippen LogP contribution < -0.4 is 0 Å². The van der Waals surface area contributed by atoms with Crippen molar-refractivity contribution in [1.29, 1.82) is 0 Å². The van der Waals surface area contributed by atoms with Gasteiger partial charge in [-0.1, -0.05) is 17.7 Å². The van der Waals surface area contributed by atoms with Crippen molar-refractivity contribution in [2.45, 2.75) is 6.92 Å². The van der Waals surface area contributed by atoms with E-state index in [1.165, 1.54) is 0 Å². The van der Waals surface area contributed by atoms with Crippen LogP contribution in [0, 0.1) is 6.92 Å². The number of fused-ring (bicyclic) bond motifs is 1. The molecule has 19 heavy (non-hydrogen) atoms. The Hall–Kier alpha value is -2.13. The van der Waals surface area contributed by atoms with Gasteiger partial charge in [0, 0.05) is 11.6 Å². The van der Waals surface area contributed by atoms with E-state index in [0.717, 1.165) is 11.1 Å². The lowest BCUT2D eigenvalue weighted by atomic mass is 10.1. The molecule has 0 unspecified atom stereocenters. The summed E-state index contributed by atoms with van der Waals surface area (Å²) in [4.78, 5) is 8.72. The Labute approximate surface area is 115 Å². The first-order valence-corrected chi connectivity index (χ1v) is 6.25. The van der Waals surface area contributed by atoms with Crippen LogP contribution in [0.2, 0.25) is 5.02 Å². The molecule has 3 nitrogen and oxygen atoms in total. The minimum atomic E-state index is 0.164. The standard InChI is InChI=1S/C15H11ClN2O/c1-9-8-11(16)10-5-6-13(18-14(10)15(9)19)12-4-2-3-7-17-12/h2-8,19H,1H3. The number of aromatic hydroxyl groups is 1. The zero-order chi connectivity index (χ0) is 13.4. The number of hydrogen-bond acceptors (Lipinski definition) is 3. The first-order valence-electron chi connectivity index (χ1n) is 5.87. The Kier molecular flexibility index (Phi) is 2.84. The van der Waals surface area contributed by atoms with E-state index in [9.17, 15) is 5.11 Å². The van der Waals surface area contributed by atoms with Crippen LogP contribution in [0.25, 0.3) is 22.3 Å². The van der Waals surface area contributed by atoms with E-state index < -0.39 is 0 Å². The van der Waals surface area contributed by atoms with Crippen molar-refractivity contribution in [3.8, 4) is 17.1 Å². The molecule has 0 aliphatic heterocycles. The van der Waals surface area contributed by atoms with Gasteiger partial charge in [0.05, 0.1) is 16.4 Å². The lowest BCUT2D eigenvalue weighted by Gasteiger charge is -2.08. The first-order chi connectivity index (χ1) is 9.16. The fourth-order valence-electron chi connectivity index (χ4n) is 2.01. The third-order valence-electron chi connectivity index (χ3n) is 3.02. The molecule has 1 N–H and O–H groups in total. The fraction of sp³-hybridized carbons (Fsp3) is 0.0667. The number of pyridine rings is 2. The summed E-state index contributed by atoms with van der Waals surface area (Å²) in [5.74, 6) is 0.164. The van der Waals surface area contributed by atoms with E-state index in [4.69, 9.17) is 11.6 Å². The zero-order valence-electron chi connectivity index (χ0n) is 10.3. The number of nitrogens with zero attached hydrogens (tertiary/aromatic N) is 2. The monoisotopic (exact) mass is 270 g/mol. The number of phenols is 1. The summed E-state index contributed by atoms with van der Waals surface area (Å²) in [6, 6.07) is 11.1. The minimum Gasteiger partial charge on any atom is -0.505 e. The molecule has 2 aromatic heterocycles. The van der Waals surface area contributed by atoms with Gasteiger partial charge in [-0.15, -0.1) is 0 Å². The van der Waals surface area contributed by atoms with Crippen LogP contribution in [0.1, 0.15) is 5.56 Å². The molecule has 0 saturated carbocycles. The van der Waals surface area contributed by atoms with Gasteiger partial charge in [0.25, 0.3) is 0 Å². The van der Waals surface area contributed by atoms with Crippen LogP contribution in [-0.2, 0) is 0 Å². The minimum absolute atomic E-state index is 0.164. The zero-order valence-corrected chi connectivity index (χ0v) is 11.0. The second-order valence-electron chi connectivity index (χ2n) is 4.33. The summed E-state index contributed by atoms with van der Waals surface area (Å²) in [7, 11) is 0. The average molecular weight is 271 g/mol. The molecule has 94 valence electrons. The Morgan fingerprint density at radius 2 is 1.95 bits per heavy atom. The van der Waals surface area contributed by atoms with Gasteiger partial charge >= 0.3 is 0 Å². The highest BCUT2D eigenvalue weighted by Gasteiger charge is 2.11. The average Bonchev–Trinajstić information content (AvgIpc) is 2.45. The lowest BCUT2D eigenvalue weighted by Crippen LogP contribution is -1.90. The number of phenolic OH excluding ortho intramolecular Hbond substituents is 1. The summed E-state index contributed by atoms with van der Waals surface area (Å²) in [5.41, 5.74) is 2.70. The van der Waals surface area contributed by atoms with Crippen LogP contribution in [-0.4, -0.2) is 15.1 Å². The van der Waals surface area contributed by atoms with Gasteiger partial charge in [-0.05, 0) is 42.8 Å². The summed E-state index contributed by atoms with van der Waals surface area (Å²) in [6.07, 6.45) is 1.71.